The van der Waals surface area contributed by atoms with Crippen molar-refractivity contribution in [3.8, 4) is 22.9 Å². The van der Waals surface area contributed by atoms with Gasteiger partial charge >= 0.3 is 0 Å². The zero-order valence-electron chi connectivity index (χ0n) is 21.2. The first kappa shape index (κ1) is 27.1. The van der Waals surface area contributed by atoms with E-state index in [0.717, 1.165) is 36.5 Å². The summed E-state index contributed by atoms with van der Waals surface area (Å²) in [5, 5.41) is 8.57. The van der Waals surface area contributed by atoms with Crippen LogP contribution in [0.25, 0.3) is 11.3 Å². The smallest absolute Gasteiger partial charge is 0.233 e. The SMILES string of the molecule is CCCCCCCCCCOc1ccc(-c2ccc(OCCCCCCCCC)nn2)cc1. The van der Waals surface area contributed by atoms with Crippen LogP contribution in [-0.4, -0.2) is 23.4 Å². The molecule has 4 heteroatoms. The van der Waals surface area contributed by atoms with Crippen LogP contribution >= 0.6 is 0 Å². The van der Waals surface area contributed by atoms with Crippen molar-refractivity contribution in [2.75, 3.05) is 13.2 Å². The van der Waals surface area contributed by atoms with E-state index in [2.05, 4.69) is 24.0 Å². The number of unbranched alkanes of at least 4 members (excludes halogenated alkanes) is 13. The molecule has 0 saturated heterocycles. The number of hydrogen-bond acceptors (Lipinski definition) is 4. The zero-order chi connectivity index (χ0) is 23.4. The molecule has 0 N–H and O–H groups in total. The van der Waals surface area contributed by atoms with Gasteiger partial charge in [-0.2, -0.15) is 0 Å². The molecule has 0 aliphatic heterocycles. The van der Waals surface area contributed by atoms with Crippen LogP contribution in [0.15, 0.2) is 36.4 Å². The first-order chi connectivity index (χ1) is 16.3. The van der Waals surface area contributed by atoms with Crippen LogP contribution in [0.5, 0.6) is 11.6 Å². The normalized spacial score (nSPS) is 11.0. The molecule has 2 rings (SSSR count). The third-order valence-electron chi connectivity index (χ3n) is 6.05. The minimum Gasteiger partial charge on any atom is -0.494 e. The molecule has 4 nitrogen and oxygen atoms in total. The second-order valence-corrected chi connectivity index (χ2v) is 9.07. The van der Waals surface area contributed by atoms with Gasteiger partial charge in [-0.1, -0.05) is 97.3 Å². The second-order valence-electron chi connectivity index (χ2n) is 9.07. The number of benzene rings is 1. The fourth-order valence-corrected chi connectivity index (χ4v) is 3.93. The summed E-state index contributed by atoms with van der Waals surface area (Å²) < 4.78 is 11.6. The molecule has 0 amide bonds. The fourth-order valence-electron chi connectivity index (χ4n) is 3.93. The van der Waals surface area contributed by atoms with Gasteiger partial charge in [0.25, 0.3) is 0 Å². The Kier molecular flexibility index (Phi) is 15.1. The van der Waals surface area contributed by atoms with Crippen LogP contribution in [-0.2, 0) is 0 Å². The van der Waals surface area contributed by atoms with Gasteiger partial charge in [0.05, 0.1) is 18.9 Å². The van der Waals surface area contributed by atoms with Gasteiger partial charge < -0.3 is 9.47 Å². The number of nitrogens with zero attached hydrogens (tertiary/aromatic N) is 2. The summed E-state index contributed by atoms with van der Waals surface area (Å²) in [6.07, 6.45) is 19.5. The predicted octanol–water partition coefficient (Wildman–Crippen LogP) is 8.79. The Hall–Kier alpha value is -2.10. The van der Waals surface area contributed by atoms with E-state index in [1.807, 2.05) is 36.4 Å². The highest BCUT2D eigenvalue weighted by Crippen LogP contribution is 2.22. The average Bonchev–Trinajstić information content (AvgIpc) is 2.85. The standard InChI is InChI=1S/C29H46N2O2/c1-3-5-7-9-11-13-14-16-24-32-27-20-18-26(19-21-27)28-22-23-29(31-30-28)33-25-17-15-12-10-8-6-4-2/h18-23H,3-17,24-25H2,1-2H3. The molecule has 0 spiro atoms. The molecule has 2 aromatic rings. The van der Waals surface area contributed by atoms with Crippen molar-refractivity contribution >= 4 is 0 Å². The zero-order valence-corrected chi connectivity index (χ0v) is 21.2. The summed E-state index contributed by atoms with van der Waals surface area (Å²) in [4.78, 5) is 0. The van der Waals surface area contributed by atoms with Crippen molar-refractivity contribution in [3.05, 3.63) is 36.4 Å². The van der Waals surface area contributed by atoms with E-state index in [1.165, 1.54) is 83.5 Å². The van der Waals surface area contributed by atoms with Gasteiger partial charge in [-0.15, -0.1) is 10.2 Å². The van der Waals surface area contributed by atoms with Crippen LogP contribution in [0.1, 0.15) is 110 Å². The van der Waals surface area contributed by atoms with E-state index in [1.54, 1.807) is 0 Å². The highest BCUT2D eigenvalue weighted by molar-refractivity contribution is 5.59. The Morgan fingerprint density at radius 3 is 1.55 bits per heavy atom. The quantitative estimate of drug-likeness (QED) is 0.187. The highest BCUT2D eigenvalue weighted by atomic mass is 16.5. The lowest BCUT2D eigenvalue weighted by Gasteiger charge is -2.08. The molecule has 0 bridgehead atoms. The average molecular weight is 455 g/mol. The number of rotatable bonds is 20. The van der Waals surface area contributed by atoms with E-state index in [9.17, 15) is 0 Å². The first-order valence-electron chi connectivity index (χ1n) is 13.5. The van der Waals surface area contributed by atoms with Crippen molar-refractivity contribution in [1.29, 1.82) is 0 Å². The lowest BCUT2D eigenvalue weighted by atomic mass is 10.1. The van der Waals surface area contributed by atoms with E-state index >= 15 is 0 Å². The van der Waals surface area contributed by atoms with E-state index in [4.69, 9.17) is 9.47 Å². The predicted molar refractivity (Wildman–Crippen MR) is 139 cm³/mol. The van der Waals surface area contributed by atoms with Gasteiger partial charge in [0.15, 0.2) is 0 Å². The van der Waals surface area contributed by atoms with Crippen LogP contribution in [0.3, 0.4) is 0 Å². The third-order valence-corrected chi connectivity index (χ3v) is 6.05. The van der Waals surface area contributed by atoms with Gasteiger partial charge in [-0.05, 0) is 43.2 Å². The van der Waals surface area contributed by atoms with Crippen LogP contribution in [0.2, 0.25) is 0 Å². The van der Waals surface area contributed by atoms with Crippen LogP contribution in [0, 0.1) is 0 Å². The summed E-state index contributed by atoms with van der Waals surface area (Å²) in [6, 6.07) is 12.0. The van der Waals surface area contributed by atoms with Gasteiger partial charge in [-0.25, -0.2) is 0 Å². The Morgan fingerprint density at radius 1 is 0.515 bits per heavy atom. The van der Waals surface area contributed by atoms with Crippen LogP contribution < -0.4 is 9.47 Å². The van der Waals surface area contributed by atoms with Gasteiger partial charge in [0.1, 0.15) is 5.75 Å². The molecule has 0 saturated carbocycles. The maximum atomic E-state index is 5.90. The summed E-state index contributed by atoms with van der Waals surface area (Å²) in [7, 11) is 0. The van der Waals surface area contributed by atoms with Crippen molar-refractivity contribution in [2.24, 2.45) is 0 Å². The lowest BCUT2D eigenvalue weighted by Crippen LogP contribution is -2.00. The number of ether oxygens (including phenoxy) is 2. The van der Waals surface area contributed by atoms with E-state index in [-0.39, 0.29) is 0 Å². The highest BCUT2D eigenvalue weighted by Gasteiger charge is 2.03. The minimum atomic E-state index is 0.607. The van der Waals surface area contributed by atoms with Gasteiger partial charge in [0, 0.05) is 11.6 Å². The van der Waals surface area contributed by atoms with Crippen molar-refractivity contribution in [3.63, 3.8) is 0 Å². The Morgan fingerprint density at radius 2 is 1.03 bits per heavy atom. The maximum Gasteiger partial charge on any atom is 0.233 e. The van der Waals surface area contributed by atoms with Crippen molar-refractivity contribution in [2.45, 2.75) is 110 Å². The second kappa shape index (κ2) is 18.3. The molecule has 184 valence electrons. The number of hydrogen-bond donors (Lipinski definition) is 0. The molecule has 1 aromatic carbocycles. The largest absolute Gasteiger partial charge is 0.494 e. The van der Waals surface area contributed by atoms with Crippen molar-refractivity contribution < 1.29 is 9.47 Å². The lowest BCUT2D eigenvalue weighted by molar-refractivity contribution is 0.290. The molecular formula is C29H46N2O2. The molecule has 0 aliphatic carbocycles. The molecular weight excluding hydrogens is 408 g/mol. The topological polar surface area (TPSA) is 44.2 Å². The Bertz CT molecular complexity index is 701. The van der Waals surface area contributed by atoms with Crippen LogP contribution in [0.4, 0.5) is 0 Å². The minimum absolute atomic E-state index is 0.607. The Balaban J connectivity index is 1.59. The van der Waals surface area contributed by atoms with Crippen molar-refractivity contribution in [1.82, 2.24) is 10.2 Å². The Labute approximate surface area is 202 Å². The summed E-state index contributed by atoms with van der Waals surface area (Å²) >= 11 is 0. The van der Waals surface area contributed by atoms with Gasteiger partial charge in [-0.3, -0.25) is 0 Å². The summed E-state index contributed by atoms with van der Waals surface area (Å²) in [6.45, 7) is 6.02. The molecule has 1 heterocycles. The maximum absolute atomic E-state index is 5.90. The van der Waals surface area contributed by atoms with E-state index in [0.29, 0.717) is 12.5 Å². The number of aromatic nitrogens is 2. The van der Waals surface area contributed by atoms with Gasteiger partial charge in [0.2, 0.25) is 5.88 Å². The first-order valence-corrected chi connectivity index (χ1v) is 13.5. The molecule has 0 aliphatic rings. The fraction of sp³-hybridized carbons (Fsp3) is 0.655. The summed E-state index contributed by atoms with van der Waals surface area (Å²) in [5.74, 6) is 1.53. The molecule has 33 heavy (non-hydrogen) atoms. The molecule has 0 radical (unpaired) electrons. The molecule has 1 aromatic heterocycles. The van der Waals surface area contributed by atoms with E-state index < -0.39 is 0 Å². The monoisotopic (exact) mass is 454 g/mol. The molecule has 0 fully saturated rings. The third kappa shape index (κ3) is 12.6. The molecule has 0 unspecified atom stereocenters. The molecule has 0 atom stereocenters. The summed E-state index contributed by atoms with van der Waals surface area (Å²) in [5.41, 5.74) is 1.90.